The fourth-order valence-electron chi connectivity index (χ4n) is 2.35. The molecule has 0 bridgehead atoms. The molecule has 3 aromatic rings. The van der Waals surface area contributed by atoms with Gasteiger partial charge in [-0.25, -0.2) is 0 Å². The molecular formula is C17H16NO+. The second-order valence-corrected chi connectivity index (χ2v) is 4.51. The summed E-state index contributed by atoms with van der Waals surface area (Å²) in [6.45, 7) is 0.811. The Hall–Kier alpha value is -2.35. The molecule has 1 heterocycles. The molecule has 0 unspecified atom stereocenters. The van der Waals surface area contributed by atoms with Gasteiger partial charge in [-0.15, -0.1) is 0 Å². The van der Waals surface area contributed by atoms with E-state index in [1.54, 1.807) is 7.11 Å². The molecule has 0 saturated carbocycles. The van der Waals surface area contributed by atoms with E-state index in [1.165, 1.54) is 16.5 Å². The number of hydrogen-bond acceptors (Lipinski definition) is 1. The maximum Gasteiger partial charge on any atom is 0.368 e. The fourth-order valence-corrected chi connectivity index (χ4v) is 2.35. The molecule has 19 heavy (non-hydrogen) atoms. The van der Waals surface area contributed by atoms with Gasteiger partial charge in [0.25, 0.3) is 0 Å². The molecular weight excluding hydrogens is 234 g/mol. The van der Waals surface area contributed by atoms with Crippen molar-refractivity contribution in [1.82, 2.24) is 0 Å². The van der Waals surface area contributed by atoms with Crippen LogP contribution in [-0.2, 0) is 6.54 Å². The first kappa shape index (κ1) is 11.7. The van der Waals surface area contributed by atoms with Crippen LogP contribution in [-0.4, -0.2) is 7.11 Å². The third-order valence-corrected chi connectivity index (χ3v) is 3.29. The fraction of sp³-hybridized carbons (Fsp3) is 0.118. The van der Waals surface area contributed by atoms with Gasteiger partial charge >= 0.3 is 5.88 Å². The van der Waals surface area contributed by atoms with E-state index in [0.29, 0.717) is 0 Å². The number of benzene rings is 2. The predicted octanol–water partition coefficient (Wildman–Crippen LogP) is 3.18. The highest BCUT2D eigenvalue weighted by atomic mass is 16.5. The second-order valence-electron chi connectivity index (χ2n) is 4.51. The van der Waals surface area contributed by atoms with E-state index in [4.69, 9.17) is 4.74 Å². The molecule has 94 valence electrons. The molecule has 0 radical (unpaired) electrons. The van der Waals surface area contributed by atoms with Gasteiger partial charge in [0.05, 0.1) is 13.2 Å². The lowest BCUT2D eigenvalue weighted by Crippen LogP contribution is -2.36. The van der Waals surface area contributed by atoms with Crippen LogP contribution in [0.3, 0.4) is 0 Å². The Balaban J connectivity index is 2.15. The van der Waals surface area contributed by atoms with Crippen LogP contribution in [0.15, 0.2) is 66.7 Å². The van der Waals surface area contributed by atoms with Crippen molar-refractivity contribution < 1.29 is 9.30 Å². The van der Waals surface area contributed by atoms with Gasteiger partial charge in [0, 0.05) is 17.0 Å². The SMILES string of the molecule is COc1ccc2ccccc2[n+]1Cc1ccccc1. The molecule has 2 aromatic carbocycles. The highest BCUT2D eigenvalue weighted by Gasteiger charge is 2.16. The highest BCUT2D eigenvalue weighted by Crippen LogP contribution is 2.15. The van der Waals surface area contributed by atoms with Gasteiger partial charge in [0.2, 0.25) is 5.52 Å². The van der Waals surface area contributed by atoms with Crippen molar-refractivity contribution in [2.45, 2.75) is 6.54 Å². The molecule has 0 amide bonds. The summed E-state index contributed by atoms with van der Waals surface area (Å²) in [7, 11) is 1.71. The van der Waals surface area contributed by atoms with Crippen molar-refractivity contribution in [3.63, 3.8) is 0 Å². The summed E-state index contributed by atoms with van der Waals surface area (Å²) in [4.78, 5) is 0. The van der Waals surface area contributed by atoms with Crippen LogP contribution >= 0.6 is 0 Å². The summed E-state index contributed by atoms with van der Waals surface area (Å²) in [5.74, 6) is 0.877. The molecule has 0 saturated heterocycles. The smallest absolute Gasteiger partial charge is 0.368 e. The minimum absolute atomic E-state index is 0.811. The van der Waals surface area contributed by atoms with Crippen molar-refractivity contribution >= 4 is 10.9 Å². The van der Waals surface area contributed by atoms with Gasteiger partial charge in [-0.2, -0.15) is 4.57 Å². The molecule has 2 heteroatoms. The monoisotopic (exact) mass is 250 g/mol. The van der Waals surface area contributed by atoms with Gasteiger partial charge in [-0.3, -0.25) is 0 Å². The minimum Gasteiger partial charge on any atom is -0.448 e. The van der Waals surface area contributed by atoms with Crippen LogP contribution in [0.2, 0.25) is 0 Å². The molecule has 0 N–H and O–H groups in total. The van der Waals surface area contributed by atoms with E-state index >= 15 is 0 Å². The average Bonchev–Trinajstić information content (AvgIpc) is 2.49. The quantitative estimate of drug-likeness (QED) is 0.651. The molecule has 0 atom stereocenters. The third kappa shape index (κ3) is 2.29. The van der Waals surface area contributed by atoms with E-state index in [0.717, 1.165) is 12.4 Å². The third-order valence-electron chi connectivity index (χ3n) is 3.29. The van der Waals surface area contributed by atoms with Crippen molar-refractivity contribution in [3.8, 4) is 5.88 Å². The Bertz CT molecular complexity index is 692. The molecule has 3 rings (SSSR count). The van der Waals surface area contributed by atoms with Crippen LogP contribution < -0.4 is 9.30 Å². The van der Waals surface area contributed by atoms with E-state index in [2.05, 4.69) is 59.2 Å². The molecule has 0 fully saturated rings. The number of fused-ring (bicyclic) bond motifs is 1. The van der Waals surface area contributed by atoms with Crippen molar-refractivity contribution in [2.75, 3.05) is 7.11 Å². The summed E-state index contributed by atoms with van der Waals surface area (Å²) in [6, 6.07) is 22.9. The number of aromatic nitrogens is 1. The van der Waals surface area contributed by atoms with Crippen LogP contribution in [0.5, 0.6) is 5.88 Å². The van der Waals surface area contributed by atoms with Crippen molar-refractivity contribution in [1.29, 1.82) is 0 Å². The van der Waals surface area contributed by atoms with Crippen LogP contribution in [0, 0.1) is 0 Å². The lowest BCUT2D eigenvalue weighted by molar-refractivity contribution is -0.667. The number of methoxy groups -OCH3 is 1. The Morgan fingerprint density at radius 1 is 0.842 bits per heavy atom. The van der Waals surface area contributed by atoms with Crippen LogP contribution in [0.1, 0.15) is 5.56 Å². The number of nitrogens with zero attached hydrogens (tertiary/aromatic N) is 1. The summed E-state index contributed by atoms with van der Waals surface area (Å²) in [5.41, 5.74) is 2.45. The zero-order chi connectivity index (χ0) is 13.1. The van der Waals surface area contributed by atoms with E-state index < -0.39 is 0 Å². The van der Waals surface area contributed by atoms with Gasteiger partial charge in [0.15, 0.2) is 6.54 Å². The van der Waals surface area contributed by atoms with E-state index in [9.17, 15) is 0 Å². The Labute approximate surface area is 112 Å². The normalized spacial score (nSPS) is 10.6. The van der Waals surface area contributed by atoms with Crippen LogP contribution in [0.4, 0.5) is 0 Å². The van der Waals surface area contributed by atoms with E-state index in [-0.39, 0.29) is 0 Å². The summed E-state index contributed by atoms with van der Waals surface area (Å²) in [6.07, 6.45) is 0. The summed E-state index contributed by atoms with van der Waals surface area (Å²) in [5, 5.41) is 1.22. The summed E-state index contributed by atoms with van der Waals surface area (Å²) < 4.78 is 7.69. The number of ether oxygens (including phenoxy) is 1. The van der Waals surface area contributed by atoms with Crippen molar-refractivity contribution in [2.24, 2.45) is 0 Å². The zero-order valence-electron chi connectivity index (χ0n) is 10.9. The lowest BCUT2D eigenvalue weighted by Gasteiger charge is -2.06. The van der Waals surface area contributed by atoms with Gasteiger partial charge in [0.1, 0.15) is 0 Å². The second kappa shape index (κ2) is 5.11. The van der Waals surface area contributed by atoms with Gasteiger partial charge < -0.3 is 4.74 Å². The van der Waals surface area contributed by atoms with Gasteiger partial charge in [-0.05, 0) is 12.1 Å². The Morgan fingerprint density at radius 3 is 2.37 bits per heavy atom. The number of pyridine rings is 1. The molecule has 0 aliphatic heterocycles. The highest BCUT2D eigenvalue weighted by molar-refractivity contribution is 5.75. The zero-order valence-corrected chi connectivity index (χ0v) is 10.9. The minimum atomic E-state index is 0.811. The van der Waals surface area contributed by atoms with E-state index in [1.807, 2.05) is 12.1 Å². The molecule has 0 spiro atoms. The number of rotatable bonds is 3. The summed E-state index contributed by atoms with van der Waals surface area (Å²) >= 11 is 0. The molecule has 1 aromatic heterocycles. The average molecular weight is 250 g/mol. The topological polar surface area (TPSA) is 13.1 Å². The largest absolute Gasteiger partial charge is 0.448 e. The molecule has 0 aliphatic rings. The van der Waals surface area contributed by atoms with Crippen LogP contribution in [0.25, 0.3) is 10.9 Å². The Morgan fingerprint density at radius 2 is 1.58 bits per heavy atom. The lowest BCUT2D eigenvalue weighted by atomic mass is 10.2. The Kier molecular flexibility index (Phi) is 3.15. The first-order valence-electron chi connectivity index (χ1n) is 6.38. The maximum atomic E-state index is 5.49. The molecule has 2 nitrogen and oxygen atoms in total. The van der Waals surface area contributed by atoms with Gasteiger partial charge in [-0.1, -0.05) is 42.5 Å². The standard InChI is InChI=1S/C17H16NO/c1-19-17-12-11-15-9-5-6-10-16(15)18(17)13-14-7-3-2-4-8-14/h2-12H,13H2,1H3/q+1. The number of para-hydroxylation sites is 1. The first-order chi connectivity index (χ1) is 9.38. The molecule has 0 aliphatic carbocycles. The number of hydrogen-bond donors (Lipinski definition) is 0. The maximum absolute atomic E-state index is 5.49. The van der Waals surface area contributed by atoms with Crippen molar-refractivity contribution in [3.05, 3.63) is 72.3 Å². The predicted molar refractivity (Wildman–Crippen MR) is 76.2 cm³/mol. The first-order valence-corrected chi connectivity index (χ1v) is 6.38.